The lowest BCUT2D eigenvalue weighted by atomic mass is 9.88. The van der Waals surface area contributed by atoms with Gasteiger partial charge in [-0.15, -0.1) is 0 Å². The van der Waals surface area contributed by atoms with Gasteiger partial charge in [0.05, 0.1) is 61.8 Å². The summed E-state index contributed by atoms with van der Waals surface area (Å²) < 4.78 is 37.6. The highest BCUT2D eigenvalue weighted by Gasteiger charge is 2.54. The second-order valence-electron chi connectivity index (χ2n) is 13.0. The quantitative estimate of drug-likeness (QED) is 0.300. The molecule has 0 saturated carbocycles. The Morgan fingerprint density at radius 1 is 0.923 bits per heavy atom. The minimum Gasteiger partial charge on any atom is -0.481 e. The van der Waals surface area contributed by atoms with Gasteiger partial charge in [0.2, 0.25) is 0 Å². The number of hydrogen-bond acceptors (Lipinski definition) is 1. The summed E-state index contributed by atoms with van der Waals surface area (Å²) in [5.41, 5.74) is 4.54. The Labute approximate surface area is 231 Å². The number of carbonyl (C=O) groups is 1. The van der Waals surface area contributed by atoms with E-state index >= 15 is 8.63 Å². The lowest BCUT2D eigenvalue weighted by Crippen LogP contribution is -2.50. The molecule has 210 valence electrons. The summed E-state index contributed by atoms with van der Waals surface area (Å²) in [6.07, 6.45) is 6.77. The molecule has 3 heterocycles. The number of aliphatic carboxylic acids is 1. The van der Waals surface area contributed by atoms with E-state index in [0.29, 0.717) is 35.6 Å². The molecule has 0 unspecified atom stereocenters. The van der Waals surface area contributed by atoms with Crippen LogP contribution in [0.3, 0.4) is 0 Å². The number of rotatable bonds is 12. The van der Waals surface area contributed by atoms with Crippen LogP contribution in [0.2, 0.25) is 0 Å². The van der Waals surface area contributed by atoms with Gasteiger partial charge in [0.25, 0.3) is 0 Å². The molecule has 0 amide bonds. The fourth-order valence-electron chi connectivity index (χ4n) is 5.67. The second kappa shape index (κ2) is 10.9. The minimum atomic E-state index is -4.24. The normalized spacial score (nSPS) is 16.6. The molecule has 1 N–H and O–H groups in total. The van der Waals surface area contributed by atoms with Crippen LogP contribution in [0.5, 0.6) is 0 Å². The topological polar surface area (TPSA) is 45.2 Å². The van der Waals surface area contributed by atoms with Crippen LogP contribution in [0.1, 0.15) is 43.4 Å². The van der Waals surface area contributed by atoms with Crippen LogP contribution in [0, 0.1) is 0 Å². The molecule has 9 heteroatoms. The Balaban J connectivity index is 1.83. The molecular weight excluding hydrogens is 497 g/mol. The molecule has 2 aliphatic rings. The van der Waals surface area contributed by atoms with Crippen molar-refractivity contribution in [3.05, 3.63) is 65.0 Å². The number of allylic oxidation sites excluding steroid dienone is 2. The van der Waals surface area contributed by atoms with Crippen molar-refractivity contribution in [2.24, 2.45) is 0 Å². The van der Waals surface area contributed by atoms with Crippen molar-refractivity contribution in [3.8, 4) is 11.3 Å². The van der Waals surface area contributed by atoms with Crippen molar-refractivity contribution >= 4 is 24.7 Å². The molecule has 4 rings (SSSR count). The molecule has 0 aliphatic carbocycles. The number of nitrogens with zero attached hydrogens (tertiary/aromatic N) is 4. The van der Waals surface area contributed by atoms with Gasteiger partial charge in [0.15, 0.2) is 5.70 Å². The Bertz CT molecular complexity index is 1330. The average Bonchev–Trinajstić information content (AvgIpc) is 3.37. The first-order chi connectivity index (χ1) is 18.2. The Morgan fingerprint density at radius 2 is 1.54 bits per heavy atom. The summed E-state index contributed by atoms with van der Waals surface area (Å²) in [4.78, 5) is 11.4. The number of quaternary nitrogens is 2. The van der Waals surface area contributed by atoms with Crippen molar-refractivity contribution in [1.82, 2.24) is 4.48 Å². The monoisotopic (exact) mass is 540 g/mol. The lowest BCUT2D eigenvalue weighted by molar-refractivity contribution is -0.870. The molecule has 0 bridgehead atoms. The van der Waals surface area contributed by atoms with E-state index < -0.39 is 12.9 Å². The molecule has 2 aromatic rings. The van der Waals surface area contributed by atoms with E-state index in [4.69, 9.17) is 0 Å². The van der Waals surface area contributed by atoms with Gasteiger partial charge in [0, 0.05) is 48.4 Å². The van der Waals surface area contributed by atoms with Crippen LogP contribution in [-0.4, -0.2) is 97.1 Å². The third kappa shape index (κ3) is 6.58. The zero-order valence-electron chi connectivity index (χ0n) is 24.3. The molecule has 39 heavy (non-hydrogen) atoms. The largest absolute Gasteiger partial charge is 0.737 e. The molecule has 0 atom stereocenters. The highest BCUT2D eigenvalue weighted by Crippen LogP contribution is 2.41. The van der Waals surface area contributed by atoms with E-state index in [1.165, 1.54) is 4.48 Å². The van der Waals surface area contributed by atoms with Gasteiger partial charge in [-0.25, -0.2) is 0 Å². The van der Waals surface area contributed by atoms with Gasteiger partial charge >= 0.3 is 12.9 Å². The summed E-state index contributed by atoms with van der Waals surface area (Å²) >= 11 is 0. The second-order valence-corrected chi connectivity index (χ2v) is 13.0. The molecule has 6 nitrogen and oxygen atoms in total. The fourth-order valence-corrected chi connectivity index (χ4v) is 5.67. The minimum absolute atomic E-state index is 0.0659. The Morgan fingerprint density at radius 3 is 2.13 bits per heavy atom. The molecule has 1 aromatic heterocycles. The fraction of sp³-hybridized carbons (Fsp3) is 0.467. The number of hydrogen-bond donors (Lipinski definition) is 1. The third-order valence-electron chi connectivity index (χ3n) is 7.51. The third-order valence-corrected chi connectivity index (χ3v) is 7.51. The van der Waals surface area contributed by atoms with Crippen LogP contribution in [-0.2, 0) is 11.2 Å². The van der Waals surface area contributed by atoms with Gasteiger partial charge in [-0.3, -0.25) is 4.79 Å². The van der Waals surface area contributed by atoms with Crippen LogP contribution in [0.25, 0.3) is 17.3 Å². The maximum Gasteiger partial charge on any atom is 0.737 e. The number of carboxylic acid groups (broad SMARTS) is 1. The molecular formula is C30H43BF2N4O2+2. The van der Waals surface area contributed by atoms with Gasteiger partial charge in [0.1, 0.15) is 5.71 Å². The predicted octanol–water partition coefficient (Wildman–Crippen LogP) is 5.12. The highest BCUT2D eigenvalue weighted by atomic mass is 19.2. The zero-order chi connectivity index (χ0) is 28.6. The van der Waals surface area contributed by atoms with E-state index in [0.717, 1.165) is 56.1 Å². The molecule has 0 spiro atoms. The van der Waals surface area contributed by atoms with E-state index in [1.807, 2.05) is 48.6 Å². The molecule has 0 radical (unpaired) electrons. The molecule has 0 fully saturated rings. The first-order valence-electron chi connectivity index (χ1n) is 13.9. The van der Waals surface area contributed by atoms with E-state index in [2.05, 4.69) is 42.3 Å². The van der Waals surface area contributed by atoms with Crippen molar-refractivity contribution in [1.29, 1.82) is 0 Å². The zero-order valence-corrected chi connectivity index (χ0v) is 24.3. The van der Waals surface area contributed by atoms with Gasteiger partial charge in [-0.05, 0) is 30.0 Å². The summed E-state index contributed by atoms with van der Waals surface area (Å²) in [7, 11) is 12.8. The van der Waals surface area contributed by atoms with Crippen molar-refractivity contribution in [2.45, 2.75) is 38.5 Å². The summed E-state index contributed by atoms with van der Waals surface area (Å²) in [5, 5.41) is 9.33. The first kappa shape index (κ1) is 29.0. The number of benzene rings is 1. The summed E-state index contributed by atoms with van der Waals surface area (Å²) in [5.74, 6) is -0.987. The summed E-state index contributed by atoms with van der Waals surface area (Å²) in [6, 6.07) is 11.3. The number of aryl methyl sites for hydroxylation is 1. The van der Waals surface area contributed by atoms with Crippen molar-refractivity contribution in [3.63, 3.8) is 0 Å². The van der Waals surface area contributed by atoms with Crippen molar-refractivity contribution in [2.75, 3.05) is 55.4 Å². The predicted molar refractivity (Wildman–Crippen MR) is 155 cm³/mol. The number of carboxylic acids is 1. The SMILES string of the molecule is C[N+](C)(C)CCCC1=CC(CCC(=O)O)=[N+]2C1=Cc1c(CCC[N+](C)(C)C)cc(-c3ccccc3)n1[B-]2(F)F. The molecule has 1 aromatic carbocycles. The Kier molecular flexibility index (Phi) is 8.06. The van der Waals surface area contributed by atoms with E-state index in [-0.39, 0.29) is 12.8 Å². The lowest BCUT2D eigenvalue weighted by Gasteiger charge is -2.32. The molecule has 2 aliphatic heterocycles. The first-order valence-corrected chi connectivity index (χ1v) is 13.9. The maximum atomic E-state index is 16.8. The van der Waals surface area contributed by atoms with Crippen molar-refractivity contribution < 1.29 is 32.0 Å². The van der Waals surface area contributed by atoms with Crippen LogP contribution < -0.4 is 0 Å². The summed E-state index contributed by atoms with van der Waals surface area (Å²) in [6.45, 7) is -2.38. The number of aromatic nitrogens is 1. The van der Waals surface area contributed by atoms with Crippen LogP contribution in [0.4, 0.5) is 8.63 Å². The Hall–Kier alpha value is -3.04. The molecule has 0 saturated heterocycles. The van der Waals surface area contributed by atoms with Gasteiger partial charge < -0.3 is 31.7 Å². The van der Waals surface area contributed by atoms with E-state index in [1.54, 1.807) is 0 Å². The van der Waals surface area contributed by atoms with Gasteiger partial charge in [-0.1, -0.05) is 30.3 Å². The van der Waals surface area contributed by atoms with Gasteiger partial charge in [-0.2, -0.15) is 0 Å². The average molecular weight is 541 g/mol. The van der Waals surface area contributed by atoms with E-state index in [9.17, 15) is 9.90 Å². The highest BCUT2D eigenvalue weighted by molar-refractivity contribution is 6.58. The number of fused-ring (bicyclic) bond motifs is 2. The standard InChI is InChI=1S/C30H42BF2N4O2/c1-36(2,3)18-10-14-24-20-26(16-17-30(38)39)34-28(24)22-29-25(15-11-19-37(4,5)6)21-27(35(29)31(34,32)33)23-12-8-7-9-13-23/h7-9,12-13,20-22H,10-11,14-19H2,1-6H3/q+1/p+1. The number of halogens is 2. The van der Waals surface area contributed by atoms with Crippen LogP contribution in [0.15, 0.2) is 53.7 Å². The van der Waals surface area contributed by atoms with Crippen LogP contribution >= 0.6 is 0 Å². The maximum absolute atomic E-state index is 16.8. The smallest absolute Gasteiger partial charge is 0.481 e.